The van der Waals surface area contributed by atoms with Crippen molar-refractivity contribution < 1.29 is 9.26 Å². The molecule has 3 rings (SSSR count). The number of rotatable bonds is 8. The van der Waals surface area contributed by atoms with Gasteiger partial charge in [0.05, 0.1) is 24.9 Å². The molecule has 0 bridgehead atoms. The first-order valence-corrected chi connectivity index (χ1v) is 11.3. The van der Waals surface area contributed by atoms with Crippen molar-refractivity contribution in [1.29, 1.82) is 0 Å². The van der Waals surface area contributed by atoms with E-state index in [9.17, 15) is 0 Å². The molecule has 1 aliphatic heterocycles. The number of nitrogens with one attached hydrogen (secondary N) is 2. The summed E-state index contributed by atoms with van der Waals surface area (Å²) in [5, 5.41) is 13.2. The van der Waals surface area contributed by atoms with E-state index >= 15 is 0 Å². The van der Waals surface area contributed by atoms with Gasteiger partial charge in [0, 0.05) is 49.1 Å². The summed E-state index contributed by atoms with van der Waals surface area (Å²) in [7, 11) is 0. The predicted molar refractivity (Wildman–Crippen MR) is 118 cm³/mol. The third kappa shape index (κ3) is 5.81. The molecule has 0 amide bonds. The largest absolute Gasteiger partial charge is 0.379 e. The maximum Gasteiger partial charge on any atom is 0.191 e. The van der Waals surface area contributed by atoms with Gasteiger partial charge in [0.15, 0.2) is 5.96 Å². The Hall–Kier alpha value is -1.90. The van der Waals surface area contributed by atoms with Crippen LogP contribution in [0.2, 0.25) is 0 Å². The van der Waals surface area contributed by atoms with Crippen molar-refractivity contribution in [3.63, 3.8) is 0 Å². The van der Waals surface area contributed by atoms with Crippen molar-refractivity contribution in [2.75, 3.05) is 45.9 Å². The van der Waals surface area contributed by atoms with Crippen LogP contribution < -0.4 is 10.6 Å². The van der Waals surface area contributed by atoms with Gasteiger partial charge >= 0.3 is 0 Å². The van der Waals surface area contributed by atoms with E-state index in [1.54, 1.807) is 0 Å². The van der Waals surface area contributed by atoms with Crippen molar-refractivity contribution in [1.82, 2.24) is 20.7 Å². The van der Waals surface area contributed by atoms with Crippen LogP contribution in [0.15, 0.2) is 27.0 Å². The van der Waals surface area contributed by atoms with E-state index in [0.29, 0.717) is 12.6 Å². The van der Waals surface area contributed by atoms with Crippen molar-refractivity contribution in [3.8, 4) is 0 Å². The molecule has 0 aromatic carbocycles. The van der Waals surface area contributed by atoms with E-state index in [4.69, 9.17) is 14.3 Å². The molecule has 0 saturated carbocycles. The lowest BCUT2D eigenvalue weighted by molar-refractivity contribution is 0.0177. The summed E-state index contributed by atoms with van der Waals surface area (Å²) in [6, 6.07) is 4.66. The van der Waals surface area contributed by atoms with Crippen molar-refractivity contribution in [2.24, 2.45) is 4.99 Å². The maximum absolute atomic E-state index is 5.54. The lowest BCUT2D eigenvalue weighted by atomic mass is 10.00. The Bertz CT molecular complexity index is 749. The Morgan fingerprint density at radius 1 is 1.31 bits per heavy atom. The second kappa shape index (κ2) is 10.8. The number of morpholine rings is 1. The number of guanidine groups is 1. The molecule has 2 aromatic rings. The molecular formula is C21H33N5O2S. The van der Waals surface area contributed by atoms with Gasteiger partial charge in [-0.1, -0.05) is 18.1 Å². The fourth-order valence-corrected chi connectivity index (χ4v) is 4.69. The van der Waals surface area contributed by atoms with Crippen LogP contribution in [0.5, 0.6) is 0 Å². The van der Waals surface area contributed by atoms with E-state index in [-0.39, 0.29) is 5.92 Å². The molecule has 0 spiro atoms. The number of hydrogen-bond donors (Lipinski definition) is 2. The van der Waals surface area contributed by atoms with E-state index in [1.165, 1.54) is 4.88 Å². The van der Waals surface area contributed by atoms with Crippen LogP contribution in [-0.4, -0.2) is 62.0 Å². The summed E-state index contributed by atoms with van der Waals surface area (Å²) < 4.78 is 10.9. The molecule has 3 heterocycles. The quantitative estimate of drug-likeness (QED) is 0.506. The first-order chi connectivity index (χ1) is 14.1. The Labute approximate surface area is 177 Å². The summed E-state index contributed by atoms with van der Waals surface area (Å²) >= 11 is 1.81. The SMILES string of the molecule is CCNC(=NCC(C)c1c(C)noc1C)NCC(c1cccs1)N1CCOCC1. The Balaban J connectivity index is 1.65. The molecule has 29 heavy (non-hydrogen) atoms. The standard InChI is InChI=1S/C21H33N5O2S/c1-5-22-21(23-13-15(2)20-16(3)25-28-17(20)4)24-14-18(19-7-6-12-29-19)26-8-10-27-11-9-26/h6-7,12,15,18H,5,8-11,13-14H2,1-4H3,(H2,22,23,24). The van der Waals surface area contributed by atoms with E-state index < -0.39 is 0 Å². The monoisotopic (exact) mass is 419 g/mol. The van der Waals surface area contributed by atoms with Crippen LogP contribution in [0.3, 0.4) is 0 Å². The summed E-state index contributed by atoms with van der Waals surface area (Å²) in [5.74, 6) is 1.98. The van der Waals surface area contributed by atoms with Gasteiger partial charge in [-0.3, -0.25) is 9.89 Å². The average molecular weight is 420 g/mol. The Morgan fingerprint density at radius 3 is 2.72 bits per heavy atom. The minimum atomic E-state index is 0.254. The number of hydrogen-bond acceptors (Lipinski definition) is 6. The van der Waals surface area contributed by atoms with Crippen molar-refractivity contribution >= 4 is 17.3 Å². The van der Waals surface area contributed by atoms with Crippen LogP contribution in [-0.2, 0) is 4.74 Å². The zero-order chi connectivity index (χ0) is 20.6. The molecule has 1 fully saturated rings. The van der Waals surface area contributed by atoms with E-state index in [2.05, 4.69) is 52.1 Å². The highest BCUT2D eigenvalue weighted by molar-refractivity contribution is 7.10. The second-order valence-electron chi connectivity index (χ2n) is 7.42. The Kier molecular flexibility index (Phi) is 8.09. The molecule has 160 valence electrons. The minimum absolute atomic E-state index is 0.254. The molecule has 8 heteroatoms. The summed E-state index contributed by atoms with van der Waals surface area (Å²) in [5.41, 5.74) is 2.11. The first kappa shape index (κ1) is 21.8. The smallest absolute Gasteiger partial charge is 0.191 e. The van der Waals surface area contributed by atoms with Crippen LogP contribution in [0.25, 0.3) is 0 Å². The van der Waals surface area contributed by atoms with Gasteiger partial charge < -0.3 is 19.9 Å². The number of aliphatic imine (C=N–C) groups is 1. The number of nitrogens with zero attached hydrogens (tertiary/aromatic N) is 3. The summed E-state index contributed by atoms with van der Waals surface area (Å²) in [6.45, 7) is 14.0. The molecule has 2 unspecified atom stereocenters. The molecule has 2 aromatic heterocycles. The van der Waals surface area contributed by atoms with Gasteiger partial charge in [0.25, 0.3) is 0 Å². The highest BCUT2D eigenvalue weighted by Gasteiger charge is 2.24. The maximum atomic E-state index is 5.54. The normalized spacial score (nSPS) is 17.9. The van der Waals surface area contributed by atoms with Gasteiger partial charge in [-0.2, -0.15) is 0 Å². The molecule has 1 saturated heterocycles. The highest BCUT2D eigenvalue weighted by Crippen LogP contribution is 2.26. The fourth-order valence-electron chi connectivity index (χ4n) is 3.83. The van der Waals surface area contributed by atoms with Gasteiger partial charge in [0.1, 0.15) is 5.76 Å². The predicted octanol–water partition coefficient (Wildman–Crippen LogP) is 3.09. The third-order valence-corrected chi connectivity index (χ3v) is 6.24. The second-order valence-corrected chi connectivity index (χ2v) is 8.40. The topological polar surface area (TPSA) is 74.9 Å². The van der Waals surface area contributed by atoms with Crippen LogP contribution in [0, 0.1) is 13.8 Å². The number of thiophene rings is 1. The zero-order valence-electron chi connectivity index (χ0n) is 17.9. The third-order valence-electron chi connectivity index (χ3n) is 5.27. The molecule has 2 N–H and O–H groups in total. The van der Waals surface area contributed by atoms with Crippen molar-refractivity contribution in [3.05, 3.63) is 39.4 Å². The average Bonchev–Trinajstić information content (AvgIpc) is 3.37. The van der Waals surface area contributed by atoms with E-state index in [1.807, 2.05) is 25.2 Å². The van der Waals surface area contributed by atoms with E-state index in [0.717, 1.165) is 62.4 Å². The Morgan fingerprint density at radius 2 is 2.10 bits per heavy atom. The number of ether oxygens (including phenoxy) is 1. The molecule has 0 radical (unpaired) electrons. The minimum Gasteiger partial charge on any atom is -0.379 e. The molecule has 2 atom stereocenters. The molecule has 1 aliphatic rings. The van der Waals surface area contributed by atoms with Crippen LogP contribution >= 0.6 is 11.3 Å². The fraction of sp³-hybridized carbons (Fsp3) is 0.619. The lowest BCUT2D eigenvalue weighted by Crippen LogP contribution is -2.46. The number of aryl methyl sites for hydroxylation is 2. The van der Waals surface area contributed by atoms with Crippen LogP contribution in [0.4, 0.5) is 0 Å². The first-order valence-electron chi connectivity index (χ1n) is 10.4. The summed E-state index contributed by atoms with van der Waals surface area (Å²) in [6.07, 6.45) is 0. The van der Waals surface area contributed by atoms with Gasteiger partial charge in [-0.15, -0.1) is 11.3 Å². The highest BCUT2D eigenvalue weighted by atomic mass is 32.1. The van der Waals surface area contributed by atoms with Crippen LogP contribution in [0.1, 0.15) is 47.7 Å². The van der Waals surface area contributed by atoms with Gasteiger partial charge in [-0.05, 0) is 32.2 Å². The molecule has 0 aliphatic carbocycles. The lowest BCUT2D eigenvalue weighted by Gasteiger charge is -2.34. The molecule has 7 nitrogen and oxygen atoms in total. The number of aromatic nitrogens is 1. The van der Waals surface area contributed by atoms with Gasteiger partial charge in [0.2, 0.25) is 0 Å². The van der Waals surface area contributed by atoms with Crippen molar-refractivity contribution in [2.45, 2.75) is 39.7 Å². The summed E-state index contributed by atoms with van der Waals surface area (Å²) in [4.78, 5) is 8.71. The van der Waals surface area contributed by atoms with Gasteiger partial charge in [-0.25, -0.2) is 0 Å². The molecular weight excluding hydrogens is 386 g/mol. The zero-order valence-corrected chi connectivity index (χ0v) is 18.7.